The van der Waals surface area contributed by atoms with Gasteiger partial charge in [-0.25, -0.2) is 4.79 Å². The summed E-state index contributed by atoms with van der Waals surface area (Å²) in [6.07, 6.45) is -0.232. The largest absolute Gasteiger partial charge is 0.459 e. The van der Waals surface area contributed by atoms with Gasteiger partial charge in [-0.05, 0) is 13.8 Å². The van der Waals surface area contributed by atoms with E-state index in [0.717, 1.165) is 0 Å². The number of carbonyl (C=O) groups is 1. The molecule has 0 heterocycles. The lowest BCUT2D eigenvalue weighted by molar-refractivity contribution is -0.141. The van der Waals surface area contributed by atoms with Crippen molar-refractivity contribution in [2.45, 2.75) is 20.0 Å². The molecule has 0 rings (SSSR count). The first kappa shape index (κ1) is 11.1. The number of rotatable bonds is 2. The van der Waals surface area contributed by atoms with Crippen LogP contribution in [0.4, 0.5) is 0 Å². The number of esters is 1. The van der Waals surface area contributed by atoms with Crippen LogP contribution in [0.1, 0.15) is 13.8 Å². The fraction of sp³-hybridized carbons (Fsp3) is 0.500. The molecular weight excluding hydrogens is 210 g/mol. The Hall–Kier alpha value is 0.0800. The Labute approximate surface area is 80.1 Å². The zero-order valence-corrected chi connectivity index (χ0v) is 8.30. The van der Waals surface area contributed by atoms with Crippen LogP contribution in [0.5, 0.6) is 0 Å². The molecule has 0 aliphatic carbocycles. The lowest BCUT2D eigenvalue weighted by atomic mass is 10.5. The minimum absolute atomic E-state index is 0.232. The molecule has 0 radical (unpaired) electrons. The SMILES string of the molecule is CC(C)OC(=O)C(Cl)=C(Cl)Cl. The molecule has 0 bridgehead atoms. The Morgan fingerprint density at radius 3 is 2.00 bits per heavy atom. The van der Waals surface area contributed by atoms with Gasteiger partial charge >= 0.3 is 5.97 Å². The molecule has 0 aromatic rings. The Morgan fingerprint density at radius 2 is 1.73 bits per heavy atom. The molecule has 0 amide bonds. The van der Waals surface area contributed by atoms with E-state index in [0.29, 0.717) is 0 Å². The molecule has 0 saturated heterocycles. The van der Waals surface area contributed by atoms with Gasteiger partial charge in [0.2, 0.25) is 0 Å². The van der Waals surface area contributed by atoms with Crippen molar-refractivity contribution in [2.75, 3.05) is 0 Å². The Kier molecular flexibility index (Phi) is 4.89. The van der Waals surface area contributed by atoms with Crippen molar-refractivity contribution in [2.24, 2.45) is 0 Å². The highest BCUT2D eigenvalue weighted by Crippen LogP contribution is 2.19. The van der Waals surface area contributed by atoms with Crippen molar-refractivity contribution in [1.82, 2.24) is 0 Å². The molecule has 64 valence electrons. The van der Waals surface area contributed by atoms with Crippen molar-refractivity contribution in [3.8, 4) is 0 Å². The van der Waals surface area contributed by atoms with Crippen LogP contribution >= 0.6 is 34.8 Å². The molecule has 0 atom stereocenters. The molecule has 0 aromatic carbocycles. The predicted molar refractivity (Wildman–Crippen MR) is 45.8 cm³/mol. The molecule has 0 aromatic heterocycles. The summed E-state index contributed by atoms with van der Waals surface area (Å²) < 4.78 is 4.40. The van der Waals surface area contributed by atoms with Crippen LogP contribution in [0.3, 0.4) is 0 Å². The normalized spacial score (nSPS) is 9.64. The zero-order chi connectivity index (χ0) is 9.02. The second kappa shape index (κ2) is 4.86. The van der Waals surface area contributed by atoms with Gasteiger partial charge in [0.1, 0.15) is 4.49 Å². The van der Waals surface area contributed by atoms with E-state index in [1.54, 1.807) is 13.8 Å². The van der Waals surface area contributed by atoms with Crippen LogP contribution in [0.15, 0.2) is 9.52 Å². The lowest BCUT2D eigenvalue weighted by Gasteiger charge is -2.05. The van der Waals surface area contributed by atoms with Crippen molar-refractivity contribution in [3.63, 3.8) is 0 Å². The first-order valence-electron chi connectivity index (χ1n) is 2.87. The quantitative estimate of drug-likeness (QED) is 0.525. The molecule has 0 unspecified atom stereocenters. The molecule has 0 saturated carbocycles. The van der Waals surface area contributed by atoms with Gasteiger partial charge in [-0.15, -0.1) is 0 Å². The van der Waals surface area contributed by atoms with Gasteiger partial charge in [-0.1, -0.05) is 34.8 Å². The maximum atomic E-state index is 10.8. The van der Waals surface area contributed by atoms with E-state index in [1.165, 1.54) is 0 Å². The summed E-state index contributed by atoms with van der Waals surface area (Å²) in [5, 5.41) is -0.290. The standard InChI is InChI=1S/C6H7Cl3O2/c1-3(2)11-6(10)4(7)5(8)9/h3H,1-2H3. The van der Waals surface area contributed by atoms with Crippen molar-refractivity contribution in [1.29, 1.82) is 0 Å². The number of hydrogen-bond acceptors (Lipinski definition) is 2. The fourth-order valence-electron chi connectivity index (χ4n) is 0.343. The summed E-state index contributed by atoms with van der Waals surface area (Å²) in [6.45, 7) is 3.40. The minimum atomic E-state index is -0.707. The van der Waals surface area contributed by atoms with Gasteiger partial charge in [-0.2, -0.15) is 0 Å². The van der Waals surface area contributed by atoms with E-state index in [-0.39, 0.29) is 15.6 Å². The number of hydrogen-bond donors (Lipinski definition) is 0. The number of carbonyl (C=O) groups excluding carboxylic acids is 1. The second-order valence-electron chi connectivity index (χ2n) is 2.03. The molecule has 5 heteroatoms. The molecule has 11 heavy (non-hydrogen) atoms. The van der Waals surface area contributed by atoms with Crippen LogP contribution in [-0.4, -0.2) is 12.1 Å². The highest BCUT2D eigenvalue weighted by atomic mass is 35.5. The van der Waals surface area contributed by atoms with Gasteiger partial charge in [0, 0.05) is 0 Å². The van der Waals surface area contributed by atoms with Gasteiger partial charge < -0.3 is 4.74 Å². The molecule has 0 fully saturated rings. The first-order chi connectivity index (χ1) is 4.95. The number of halogens is 3. The lowest BCUT2D eigenvalue weighted by Crippen LogP contribution is -2.11. The zero-order valence-electron chi connectivity index (χ0n) is 6.03. The molecular formula is C6H7Cl3O2. The van der Waals surface area contributed by atoms with Crippen molar-refractivity contribution in [3.05, 3.63) is 9.52 Å². The van der Waals surface area contributed by atoms with Crippen LogP contribution in [0.2, 0.25) is 0 Å². The summed E-state index contributed by atoms with van der Waals surface area (Å²) in [5.74, 6) is -0.707. The highest BCUT2D eigenvalue weighted by Gasteiger charge is 2.13. The number of ether oxygens (including phenoxy) is 1. The van der Waals surface area contributed by atoms with E-state index < -0.39 is 5.97 Å². The van der Waals surface area contributed by atoms with Crippen LogP contribution < -0.4 is 0 Å². The Bertz CT molecular complexity index is 182. The molecule has 0 spiro atoms. The summed E-state index contributed by atoms with van der Waals surface area (Å²) in [5.41, 5.74) is 0. The van der Waals surface area contributed by atoms with E-state index in [9.17, 15) is 4.79 Å². The van der Waals surface area contributed by atoms with Crippen molar-refractivity contribution >= 4 is 40.8 Å². The molecule has 2 nitrogen and oxygen atoms in total. The van der Waals surface area contributed by atoms with Crippen LogP contribution in [-0.2, 0) is 9.53 Å². The summed E-state index contributed by atoms with van der Waals surface area (Å²) in [6, 6.07) is 0. The molecule has 0 aliphatic heterocycles. The monoisotopic (exact) mass is 216 g/mol. The van der Waals surface area contributed by atoms with Gasteiger partial charge in [-0.3, -0.25) is 0 Å². The van der Waals surface area contributed by atoms with E-state index in [2.05, 4.69) is 4.74 Å². The third-order valence-electron chi connectivity index (χ3n) is 0.688. The van der Waals surface area contributed by atoms with Crippen molar-refractivity contribution < 1.29 is 9.53 Å². The van der Waals surface area contributed by atoms with Gasteiger partial charge in [0.15, 0.2) is 5.03 Å². The topological polar surface area (TPSA) is 26.3 Å². The van der Waals surface area contributed by atoms with Gasteiger partial charge in [0.25, 0.3) is 0 Å². The minimum Gasteiger partial charge on any atom is -0.459 e. The van der Waals surface area contributed by atoms with E-state index in [1.807, 2.05) is 0 Å². The Morgan fingerprint density at radius 1 is 1.27 bits per heavy atom. The Balaban J connectivity index is 4.17. The summed E-state index contributed by atoms with van der Waals surface area (Å²) >= 11 is 15.8. The molecule has 0 N–H and O–H groups in total. The third kappa shape index (κ3) is 4.51. The summed E-state index contributed by atoms with van der Waals surface area (Å²) in [7, 11) is 0. The molecule has 0 aliphatic rings. The first-order valence-corrected chi connectivity index (χ1v) is 4.00. The fourth-order valence-corrected chi connectivity index (χ4v) is 0.542. The van der Waals surface area contributed by atoms with E-state index >= 15 is 0 Å². The smallest absolute Gasteiger partial charge is 0.352 e. The average molecular weight is 217 g/mol. The van der Waals surface area contributed by atoms with E-state index in [4.69, 9.17) is 34.8 Å². The van der Waals surface area contributed by atoms with Crippen LogP contribution in [0.25, 0.3) is 0 Å². The average Bonchev–Trinajstić information content (AvgIpc) is 1.84. The van der Waals surface area contributed by atoms with Gasteiger partial charge in [0.05, 0.1) is 6.10 Å². The maximum absolute atomic E-state index is 10.8. The predicted octanol–water partition coefficient (Wildman–Crippen LogP) is 2.82. The highest BCUT2D eigenvalue weighted by molar-refractivity contribution is 6.62. The van der Waals surface area contributed by atoms with Crippen LogP contribution in [0, 0.1) is 0 Å². The third-order valence-corrected chi connectivity index (χ3v) is 1.60. The maximum Gasteiger partial charge on any atom is 0.352 e. The second-order valence-corrected chi connectivity index (χ2v) is 3.36. The summed E-state index contributed by atoms with van der Waals surface area (Å²) in [4.78, 5) is 10.8.